The predicted molar refractivity (Wildman–Crippen MR) is 120 cm³/mol. The Morgan fingerprint density at radius 2 is 1.78 bits per heavy atom. The number of amides is 1. The lowest BCUT2D eigenvalue weighted by Crippen LogP contribution is -2.15. The average Bonchev–Trinajstić information content (AvgIpc) is 3.21. The Kier molecular flexibility index (Phi) is 6.27. The monoisotopic (exact) mass is 451 g/mol. The van der Waals surface area contributed by atoms with Gasteiger partial charge in [-0.15, -0.1) is 10.2 Å². The zero-order valence-corrected chi connectivity index (χ0v) is 18.2. The molecule has 2 heterocycles. The summed E-state index contributed by atoms with van der Waals surface area (Å²) < 4.78 is 28.8. The SMILES string of the molecule is Cc1ccc(-n2c(SCC(=O)Nc3ccc(F)cc3F)nnc2-c2ccncc2)cc1C. The molecule has 0 atom stereocenters. The van der Waals surface area contributed by atoms with E-state index >= 15 is 0 Å². The number of benzene rings is 2. The van der Waals surface area contributed by atoms with Crippen LogP contribution in [-0.2, 0) is 4.79 Å². The normalized spacial score (nSPS) is 10.9. The fraction of sp³-hybridized carbons (Fsp3) is 0.130. The van der Waals surface area contributed by atoms with Crippen molar-refractivity contribution in [1.29, 1.82) is 0 Å². The Morgan fingerprint density at radius 1 is 1.00 bits per heavy atom. The minimum Gasteiger partial charge on any atom is -0.323 e. The lowest BCUT2D eigenvalue weighted by molar-refractivity contribution is -0.113. The molecular formula is C23H19F2N5OS. The maximum Gasteiger partial charge on any atom is 0.234 e. The molecule has 0 spiro atoms. The van der Waals surface area contributed by atoms with Gasteiger partial charge < -0.3 is 5.32 Å². The van der Waals surface area contributed by atoms with Crippen molar-refractivity contribution in [3.8, 4) is 17.1 Å². The molecule has 0 bridgehead atoms. The van der Waals surface area contributed by atoms with Crippen molar-refractivity contribution in [2.75, 3.05) is 11.1 Å². The van der Waals surface area contributed by atoms with Crippen molar-refractivity contribution in [2.45, 2.75) is 19.0 Å². The lowest BCUT2D eigenvalue weighted by atomic mass is 10.1. The van der Waals surface area contributed by atoms with E-state index in [1.54, 1.807) is 12.4 Å². The number of aryl methyl sites for hydroxylation is 2. The molecule has 9 heteroatoms. The molecule has 0 saturated carbocycles. The zero-order chi connectivity index (χ0) is 22.7. The van der Waals surface area contributed by atoms with Gasteiger partial charge in [-0.1, -0.05) is 17.8 Å². The number of nitrogens with one attached hydrogen (secondary N) is 1. The first kappa shape index (κ1) is 21.6. The molecule has 0 aliphatic rings. The van der Waals surface area contributed by atoms with Gasteiger partial charge in [0.05, 0.1) is 17.1 Å². The Labute approximate surface area is 187 Å². The molecule has 1 N–H and O–H groups in total. The summed E-state index contributed by atoms with van der Waals surface area (Å²) in [5, 5.41) is 11.6. The highest BCUT2D eigenvalue weighted by atomic mass is 32.2. The number of hydrogen-bond acceptors (Lipinski definition) is 5. The van der Waals surface area contributed by atoms with Gasteiger partial charge in [-0.25, -0.2) is 8.78 Å². The lowest BCUT2D eigenvalue weighted by Gasteiger charge is -2.12. The van der Waals surface area contributed by atoms with Crippen molar-refractivity contribution >= 4 is 23.4 Å². The molecule has 2 aromatic heterocycles. The van der Waals surface area contributed by atoms with Crippen molar-refractivity contribution in [3.63, 3.8) is 0 Å². The van der Waals surface area contributed by atoms with Crippen LogP contribution in [0.25, 0.3) is 17.1 Å². The van der Waals surface area contributed by atoms with Crippen LogP contribution in [0.2, 0.25) is 0 Å². The molecule has 6 nitrogen and oxygen atoms in total. The van der Waals surface area contributed by atoms with Crippen LogP contribution in [0.1, 0.15) is 11.1 Å². The van der Waals surface area contributed by atoms with Gasteiger partial charge in [-0.05, 0) is 61.4 Å². The van der Waals surface area contributed by atoms with Gasteiger partial charge in [-0.3, -0.25) is 14.3 Å². The largest absolute Gasteiger partial charge is 0.323 e. The number of anilines is 1. The highest BCUT2D eigenvalue weighted by Gasteiger charge is 2.18. The van der Waals surface area contributed by atoms with E-state index in [0.717, 1.165) is 34.5 Å². The number of thioether (sulfide) groups is 1. The van der Waals surface area contributed by atoms with Crippen LogP contribution in [0, 0.1) is 25.5 Å². The summed E-state index contributed by atoms with van der Waals surface area (Å²) in [4.78, 5) is 16.4. The topological polar surface area (TPSA) is 72.7 Å². The summed E-state index contributed by atoms with van der Waals surface area (Å²) in [5.41, 5.74) is 3.87. The molecule has 2 aromatic carbocycles. The van der Waals surface area contributed by atoms with E-state index in [2.05, 4.69) is 20.5 Å². The van der Waals surface area contributed by atoms with Crippen molar-refractivity contribution in [1.82, 2.24) is 19.7 Å². The molecule has 0 unspecified atom stereocenters. The van der Waals surface area contributed by atoms with Gasteiger partial charge >= 0.3 is 0 Å². The van der Waals surface area contributed by atoms with E-state index in [1.165, 1.54) is 17.8 Å². The van der Waals surface area contributed by atoms with E-state index in [9.17, 15) is 13.6 Å². The maximum absolute atomic E-state index is 13.8. The highest BCUT2D eigenvalue weighted by molar-refractivity contribution is 7.99. The second kappa shape index (κ2) is 9.27. The number of rotatable bonds is 6. The number of halogens is 2. The van der Waals surface area contributed by atoms with E-state index in [1.807, 2.05) is 48.7 Å². The minimum atomic E-state index is -0.832. The van der Waals surface area contributed by atoms with Crippen LogP contribution in [0.5, 0.6) is 0 Å². The average molecular weight is 452 g/mol. The van der Waals surface area contributed by atoms with Crippen LogP contribution in [0.3, 0.4) is 0 Å². The Bertz CT molecular complexity index is 1280. The van der Waals surface area contributed by atoms with Crippen molar-refractivity contribution < 1.29 is 13.6 Å². The molecule has 1 amide bonds. The first-order valence-corrected chi connectivity index (χ1v) is 10.7. The molecule has 0 aliphatic carbocycles. The van der Waals surface area contributed by atoms with Crippen LogP contribution in [0.15, 0.2) is 66.1 Å². The molecule has 0 radical (unpaired) electrons. The summed E-state index contributed by atoms with van der Waals surface area (Å²) in [6.07, 6.45) is 3.35. The Balaban J connectivity index is 1.61. The van der Waals surface area contributed by atoms with Crippen molar-refractivity contribution in [2.24, 2.45) is 0 Å². The zero-order valence-electron chi connectivity index (χ0n) is 17.3. The highest BCUT2D eigenvalue weighted by Crippen LogP contribution is 2.29. The third-order valence-electron chi connectivity index (χ3n) is 4.86. The van der Waals surface area contributed by atoms with Gasteiger partial charge in [0.1, 0.15) is 11.6 Å². The molecule has 0 aliphatic heterocycles. The number of nitrogens with zero attached hydrogens (tertiary/aromatic N) is 4. The molecule has 4 aromatic rings. The number of hydrogen-bond donors (Lipinski definition) is 1. The van der Waals surface area contributed by atoms with Gasteiger partial charge in [0.25, 0.3) is 0 Å². The van der Waals surface area contributed by atoms with Gasteiger partial charge in [0.15, 0.2) is 11.0 Å². The van der Waals surface area contributed by atoms with Crippen LogP contribution in [0.4, 0.5) is 14.5 Å². The van der Waals surface area contributed by atoms with Crippen LogP contribution < -0.4 is 5.32 Å². The Hall–Kier alpha value is -3.59. The standard InChI is InChI=1S/C23H19F2N5OS/c1-14-3-5-18(11-15(14)2)30-22(16-7-9-26-10-8-16)28-29-23(30)32-13-21(31)27-20-6-4-17(24)12-19(20)25/h3-12H,13H2,1-2H3,(H,27,31). The quantitative estimate of drug-likeness (QED) is 0.420. The molecular weight excluding hydrogens is 432 g/mol. The molecule has 32 heavy (non-hydrogen) atoms. The van der Waals surface area contributed by atoms with E-state index in [-0.39, 0.29) is 11.4 Å². The summed E-state index contributed by atoms with van der Waals surface area (Å²) >= 11 is 1.17. The number of carbonyl (C=O) groups excluding carboxylic acids is 1. The second-order valence-corrected chi connectivity index (χ2v) is 8.05. The first-order chi connectivity index (χ1) is 15.4. The van der Waals surface area contributed by atoms with Gasteiger partial charge in [-0.2, -0.15) is 0 Å². The van der Waals surface area contributed by atoms with Crippen molar-refractivity contribution in [3.05, 3.63) is 83.7 Å². The van der Waals surface area contributed by atoms with E-state index < -0.39 is 17.5 Å². The summed E-state index contributed by atoms with van der Waals surface area (Å²) in [5.74, 6) is -1.40. The molecule has 0 saturated heterocycles. The van der Waals surface area contributed by atoms with Gasteiger partial charge in [0, 0.05) is 24.0 Å². The minimum absolute atomic E-state index is 0.0316. The molecule has 0 fully saturated rings. The maximum atomic E-state index is 13.8. The van der Waals surface area contributed by atoms with Crippen LogP contribution in [-0.4, -0.2) is 31.4 Å². The molecule has 4 rings (SSSR count). The number of pyridine rings is 1. The fourth-order valence-electron chi connectivity index (χ4n) is 3.06. The summed E-state index contributed by atoms with van der Waals surface area (Å²) in [6, 6.07) is 12.7. The second-order valence-electron chi connectivity index (χ2n) is 7.11. The van der Waals surface area contributed by atoms with E-state index in [4.69, 9.17) is 0 Å². The predicted octanol–water partition coefficient (Wildman–Crippen LogP) is 4.96. The summed E-state index contributed by atoms with van der Waals surface area (Å²) in [7, 11) is 0. The number of carbonyl (C=O) groups is 1. The molecule has 162 valence electrons. The fourth-order valence-corrected chi connectivity index (χ4v) is 3.81. The third kappa shape index (κ3) is 4.67. The van der Waals surface area contributed by atoms with E-state index in [0.29, 0.717) is 11.0 Å². The number of aromatic nitrogens is 4. The summed E-state index contributed by atoms with van der Waals surface area (Å²) in [6.45, 7) is 4.05. The van der Waals surface area contributed by atoms with Gasteiger partial charge in [0.2, 0.25) is 5.91 Å². The van der Waals surface area contributed by atoms with Crippen LogP contribution >= 0.6 is 11.8 Å². The first-order valence-electron chi connectivity index (χ1n) is 9.73. The Morgan fingerprint density at radius 3 is 2.50 bits per heavy atom. The third-order valence-corrected chi connectivity index (χ3v) is 5.79. The smallest absolute Gasteiger partial charge is 0.234 e.